The molecule has 0 spiro atoms. The Morgan fingerprint density at radius 1 is 1.10 bits per heavy atom. The van der Waals surface area contributed by atoms with Crippen LogP contribution >= 0.6 is 0 Å². The quantitative estimate of drug-likeness (QED) is 0.503. The van der Waals surface area contributed by atoms with E-state index < -0.39 is 12.6 Å². The Hall–Kier alpha value is -2.57. The van der Waals surface area contributed by atoms with Crippen molar-refractivity contribution in [1.29, 1.82) is 0 Å². The van der Waals surface area contributed by atoms with Crippen molar-refractivity contribution in [2.45, 2.75) is 51.5 Å². The van der Waals surface area contributed by atoms with E-state index in [1.807, 2.05) is 0 Å². The van der Waals surface area contributed by atoms with Gasteiger partial charge in [0, 0.05) is 11.6 Å². The molecule has 7 nitrogen and oxygen atoms in total. The van der Waals surface area contributed by atoms with Crippen molar-refractivity contribution in [3.63, 3.8) is 0 Å². The molecule has 0 saturated heterocycles. The topological polar surface area (TPSA) is 90.9 Å². The van der Waals surface area contributed by atoms with Crippen LogP contribution < -0.4 is 14.8 Å². The Balaban J connectivity index is 1.39. The second kappa shape index (κ2) is 8.52. The van der Waals surface area contributed by atoms with E-state index in [9.17, 15) is 14.4 Å². The summed E-state index contributed by atoms with van der Waals surface area (Å²) in [5.41, 5.74) is 0.249. The molecule has 4 aliphatic carbocycles. The molecule has 4 bridgehead atoms. The minimum atomic E-state index is -0.796. The van der Waals surface area contributed by atoms with Crippen LogP contribution in [0.5, 0.6) is 11.5 Å². The van der Waals surface area contributed by atoms with Crippen LogP contribution in [-0.4, -0.2) is 45.0 Å². The summed E-state index contributed by atoms with van der Waals surface area (Å²) in [5, 5.41) is 3.08. The Bertz CT molecular complexity index is 844. The van der Waals surface area contributed by atoms with Gasteiger partial charge in [-0.2, -0.15) is 0 Å². The van der Waals surface area contributed by atoms with Crippen LogP contribution in [-0.2, 0) is 9.53 Å². The molecular formula is C24H31NO6. The highest BCUT2D eigenvalue weighted by Crippen LogP contribution is 2.61. The number of hydrogen-bond donors (Lipinski definition) is 1. The number of rotatable bonds is 8. The zero-order valence-corrected chi connectivity index (χ0v) is 18.4. The van der Waals surface area contributed by atoms with Gasteiger partial charge in [0.25, 0.3) is 5.91 Å². The maximum absolute atomic E-state index is 12.7. The largest absolute Gasteiger partial charge is 0.493 e. The lowest BCUT2D eigenvalue weighted by molar-refractivity contribution is -0.128. The minimum Gasteiger partial charge on any atom is -0.493 e. The van der Waals surface area contributed by atoms with E-state index in [4.69, 9.17) is 14.2 Å². The molecule has 0 radical (unpaired) electrons. The third-order valence-electron chi connectivity index (χ3n) is 7.62. The van der Waals surface area contributed by atoms with Gasteiger partial charge in [0.1, 0.15) is 5.56 Å². The van der Waals surface area contributed by atoms with Crippen LogP contribution in [0.1, 0.15) is 66.2 Å². The summed E-state index contributed by atoms with van der Waals surface area (Å²) >= 11 is 0. The molecule has 5 rings (SSSR count). The van der Waals surface area contributed by atoms with Gasteiger partial charge in [-0.3, -0.25) is 9.59 Å². The summed E-state index contributed by atoms with van der Waals surface area (Å²) in [7, 11) is 2.82. The van der Waals surface area contributed by atoms with Crippen LogP contribution in [0.3, 0.4) is 0 Å². The van der Waals surface area contributed by atoms with Crippen molar-refractivity contribution < 1.29 is 28.6 Å². The first-order chi connectivity index (χ1) is 14.9. The molecule has 4 saturated carbocycles. The van der Waals surface area contributed by atoms with Gasteiger partial charge in [0.05, 0.1) is 14.2 Å². The lowest BCUT2D eigenvalue weighted by Crippen LogP contribution is -2.56. The third-order valence-corrected chi connectivity index (χ3v) is 7.62. The maximum atomic E-state index is 12.7. The first kappa shape index (κ1) is 21.7. The number of amides is 1. The Morgan fingerprint density at radius 3 is 2.23 bits per heavy atom. The van der Waals surface area contributed by atoms with Crippen molar-refractivity contribution in [3.8, 4) is 11.5 Å². The zero-order valence-electron chi connectivity index (χ0n) is 18.4. The van der Waals surface area contributed by atoms with E-state index >= 15 is 0 Å². The van der Waals surface area contributed by atoms with Crippen LogP contribution in [0.2, 0.25) is 0 Å². The molecule has 4 aliphatic rings. The van der Waals surface area contributed by atoms with Crippen molar-refractivity contribution in [3.05, 3.63) is 23.3 Å². The van der Waals surface area contributed by atoms with Crippen LogP contribution in [0, 0.1) is 23.2 Å². The molecule has 1 atom stereocenters. The fourth-order valence-corrected chi connectivity index (χ4v) is 6.60. The fraction of sp³-hybridized carbons (Fsp3) is 0.625. The van der Waals surface area contributed by atoms with Gasteiger partial charge in [0.2, 0.25) is 0 Å². The van der Waals surface area contributed by atoms with Gasteiger partial charge in [-0.15, -0.1) is 0 Å². The number of benzene rings is 1. The number of carbonyl (C=O) groups is 3. The van der Waals surface area contributed by atoms with Gasteiger partial charge < -0.3 is 19.5 Å². The number of ether oxygens (including phenoxy) is 3. The molecular weight excluding hydrogens is 398 g/mol. The Morgan fingerprint density at radius 2 is 1.71 bits per heavy atom. The summed E-state index contributed by atoms with van der Waals surface area (Å²) < 4.78 is 15.7. The summed E-state index contributed by atoms with van der Waals surface area (Å²) in [4.78, 5) is 36.7. The third kappa shape index (κ3) is 4.02. The first-order valence-corrected chi connectivity index (χ1v) is 11.1. The van der Waals surface area contributed by atoms with E-state index in [1.54, 1.807) is 6.07 Å². The van der Waals surface area contributed by atoms with Crippen LogP contribution in [0.15, 0.2) is 12.1 Å². The highest BCUT2D eigenvalue weighted by atomic mass is 16.5. The minimum absolute atomic E-state index is 0.0428. The van der Waals surface area contributed by atoms with E-state index in [0.29, 0.717) is 12.0 Å². The molecule has 1 amide bonds. The summed E-state index contributed by atoms with van der Waals surface area (Å²) in [6, 6.07) is 3.04. The maximum Gasteiger partial charge on any atom is 0.343 e. The summed E-state index contributed by atoms with van der Waals surface area (Å²) in [6.07, 6.45) is 8.14. The predicted octanol–water partition coefficient (Wildman–Crippen LogP) is 3.39. The number of carbonyl (C=O) groups excluding carboxylic acids is 3. The van der Waals surface area contributed by atoms with Gasteiger partial charge in [-0.25, -0.2) is 4.79 Å². The van der Waals surface area contributed by atoms with Gasteiger partial charge in [0.15, 0.2) is 24.4 Å². The van der Waals surface area contributed by atoms with E-state index in [1.165, 1.54) is 58.8 Å². The number of esters is 1. The second-order valence-electron chi connectivity index (χ2n) is 9.53. The lowest BCUT2D eigenvalue weighted by Gasteiger charge is -2.59. The van der Waals surface area contributed by atoms with E-state index in [0.717, 1.165) is 17.8 Å². The Labute approximate surface area is 182 Å². The molecule has 4 fully saturated rings. The lowest BCUT2D eigenvalue weighted by atomic mass is 9.48. The number of nitrogens with one attached hydrogen (secondary N) is 1. The van der Waals surface area contributed by atoms with Gasteiger partial charge in [-0.1, -0.05) is 0 Å². The van der Waals surface area contributed by atoms with E-state index in [-0.39, 0.29) is 34.2 Å². The molecule has 31 heavy (non-hydrogen) atoms. The molecule has 1 N–H and O–H groups in total. The molecule has 0 heterocycles. The van der Waals surface area contributed by atoms with Crippen molar-refractivity contribution in [2.75, 3.05) is 20.8 Å². The first-order valence-electron chi connectivity index (χ1n) is 11.1. The standard InChI is InChI=1S/C24H31NO6/c1-14(24-9-15-6-16(10-24)8-17(7-15)11-24)25-20(27)13-31-23(28)21-18(12-26)4-5-19(29-2)22(21)30-3/h4-5,12,14-17H,6-11,13H2,1-3H3,(H,25,27)/t14-,15?,16?,17?,24?/m0/s1. The normalized spacial score (nSPS) is 29.2. The molecule has 1 aromatic carbocycles. The molecule has 168 valence electrons. The zero-order chi connectivity index (χ0) is 22.2. The van der Waals surface area contributed by atoms with Crippen LogP contribution in [0.4, 0.5) is 0 Å². The van der Waals surface area contributed by atoms with Crippen molar-refractivity contribution >= 4 is 18.2 Å². The summed E-state index contributed by atoms with van der Waals surface area (Å²) in [5.74, 6) is 1.68. The van der Waals surface area contributed by atoms with Gasteiger partial charge >= 0.3 is 5.97 Å². The van der Waals surface area contributed by atoms with E-state index in [2.05, 4.69) is 12.2 Å². The Kier molecular flexibility index (Phi) is 5.95. The highest BCUT2D eigenvalue weighted by molar-refractivity contribution is 6.02. The highest BCUT2D eigenvalue weighted by Gasteiger charge is 2.53. The number of aldehydes is 1. The molecule has 1 aromatic rings. The monoisotopic (exact) mass is 429 g/mol. The fourth-order valence-electron chi connectivity index (χ4n) is 6.60. The number of methoxy groups -OCH3 is 2. The smallest absolute Gasteiger partial charge is 0.343 e. The molecule has 0 unspecified atom stereocenters. The second-order valence-corrected chi connectivity index (χ2v) is 9.53. The van der Waals surface area contributed by atoms with Crippen molar-refractivity contribution in [2.24, 2.45) is 23.2 Å². The molecule has 0 aromatic heterocycles. The average molecular weight is 430 g/mol. The summed E-state index contributed by atoms with van der Waals surface area (Å²) in [6.45, 7) is 1.68. The molecule has 7 heteroatoms. The molecule has 0 aliphatic heterocycles. The average Bonchev–Trinajstić information content (AvgIpc) is 2.75. The van der Waals surface area contributed by atoms with Gasteiger partial charge in [-0.05, 0) is 80.8 Å². The predicted molar refractivity (Wildman–Crippen MR) is 113 cm³/mol. The van der Waals surface area contributed by atoms with Crippen molar-refractivity contribution in [1.82, 2.24) is 5.32 Å². The number of hydrogen-bond acceptors (Lipinski definition) is 6. The van der Waals surface area contributed by atoms with Crippen LogP contribution in [0.25, 0.3) is 0 Å². The SMILES string of the molecule is COc1ccc(C=O)c(C(=O)OCC(=O)N[C@@H](C)C23CC4CC(CC(C4)C2)C3)c1OC.